The van der Waals surface area contributed by atoms with Gasteiger partial charge >= 0.3 is 5.69 Å². The number of nitrogens with one attached hydrogen (secondary N) is 1. The lowest BCUT2D eigenvalue weighted by atomic mass is 9.80. The molecule has 2 aliphatic rings. The number of ether oxygens (including phenoxy) is 6. The number of thioether (sulfide) groups is 1. The van der Waals surface area contributed by atoms with E-state index in [1.54, 1.807) is 39.6 Å². The van der Waals surface area contributed by atoms with E-state index in [0.717, 1.165) is 42.6 Å². The molecule has 0 saturated carbocycles. The zero-order chi connectivity index (χ0) is 44.2. The SMILES string of the molecule is COCCOC1(n2cc(C)c(=O)[nH]c2=O)CO[C@H](COC(c2ccccc2)(c2ccc(OC)cc2)c2ccc(OC)cc2)C1OP(SCCSC(=O)c1ccccc1)N1CCCC1. The third-order valence-electron chi connectivity index (χ3n) is 11.1. The number of nitrogens with zero attached hydrogens (tertiary/aromatic N) is 2. The zero-order valence-electron chi connectivity index (χ0n) is 35.9. The molecule has 7 rings (SSSR count). The van der Waals surface area contributed by atoms with Gasteiger partial charge in [-0.05, 0) is 60.7 Å². The highest BCUT2D eigenvalue weighted by Gasteiger charge is 2.57. The summed E-state index contributed by atoms with van der Waals surface area (Å²) in [5, 5.41) is 0.0121. The average molecular weight is 916 g/mol. The van der Waals surface area contributed by atoms with E-state index in [1.165, 1.54) is 22.5 Å². The number of methoxy groups -OCH3 is 3. The molecule has 0 radical (unpaired) electrons. The van der Waals surface area contributed by atoms with Crippen LogP contribution < -0.4 is 20.7 Å². The second-order valence-corrected chi connectivity index (χ2v) is 19.7. The highest BCUT2D eigenvalue weighted by molar-refractivity contribution is 8.53. The molecule has 334 valence electrons. The van der Waals surface area contributed by atoms with Crippen molar-refractivity contribution in [3.63, 3.8) is 0 Å². The third-order valence-corrected chi connectivity index (χ3v) is 16.3. The Morgan fingerprint density at radius 1 is 0.825 bits per heavy atom. The first-order chi connectivity index (χ1) is 30.7. The Kier molecular flexibility index (Phi) is 16.4. The third kappa shape index (κ3) is 10.6. The molecule has 13 nitrogen and oxygen atoms in total. The number of carbonyl (C=O) groups is 1. The molecule has 1 N–H and O–H groups in total. The summed E-state index contributed by atoms with van der Waals surface area (Å²) in [5.41, 5.74) is -0.373. The molecule has 0 amide bonds. The van der Waals surface area contributed by atoms with E-state index in [0.29, 0.717) is 34.1 Å². The van der Waals surface area contributed by atoms with Crippen LogP contribution in [0.4, 0.5) is 0 Å². The summed E-state index contributed by atoms with van der Waals surface area (Å²) in [6.45, 7) is 3.50. The van der Waals surface area contributed by atoms with E-state index < -0.39 is 42.3 Å². The van der Waals surface area contributed by atoms with Gasteiger partial charge in [0.1, 0.15) is 29.3 Å². The fourth-order valence-electron chi connectivity index (χ4n) is 7.85. The van der Waals surface area contributed by atoms with Crippen molar-refractivity contribution < 1.29 is 37.7 Å². The Balaban J connectivity index is 1.30. The Bertz CT molecular complexity index is 2300. The molecule has 63 heavy (non-hydrogen) atoms. The fourth-order valence-corrected chi connectivity index (χ4v) is 13.2. The van der Waals surface area contributed by atoms with Gasteiger partial charge in [-0.3, -0.25) is 23.8 Å². The van der Waals surface area contributed by atoms with Gasteiger partial charge in [-0.25, -0.2) is 4.79 Å². The number of hydrogen-bond donors (Lipinski definition) is 1. The lowest BCUT2D eigenvalue weighted by molar-refractivity contribution is -0.162. The van der Waals surface area contributed by atoms with Crippen molar-refractivity contribution in [3.05, 3.63) is 164 Å². The molecule has 2 aliphatic heterocycles. The van der Waals surface area contributed by atoms with Gasteiger partial charge in [-0.1, -0.05) is 108 Å². The largest absolute Gasteiger partial charge is 0.497 e. The highest BCUT2D eigenvalue weighted by Crippen LogP contribution is 2.59. The lowest BCUT2D eigenvalue weighted by Gasteiger charge is -2.40. The molecule has 4 atom stereocenters. The van der Waals surface area contributed by atoms with E-state index in [2.05, 4.69) is 9.65 Å². The van der Waals surface area contributed by atoms with Crippen LogP contribution in [0.2, 0.25) is 0 Å². The number of aromatic nitrogens is 2. The first-order valence-corrected chi connectivity index (χ1v) is 24.6. The summed E-state index contributed by atoms with van der Waals surface area (Å²) in [6.07, 6.45) is 1.80. The minimum Gasteiger partial charge on any atom is -0.497 e. The first-order valence-electron chi connectivity index (χ1n) is 20.9. The summed E-state index contributed by atoms with van der Waals surface area (Å²) in [5.74, 6) is 2.58. The maximum atomic E-state index is 14.0. The first kappa shape index (κ1) is 46.7. The molecule has 0 aliphatic carbocycles. The predicted molar refractivity (Wildman–Crippen MR) is 248 cm³/mol. The van der Waals surface area contributed by atoms with Gasteiger partial charge in [0.25, 0.3) is 5.56 Å². The van der Waals surface area contributed by atoms with Gasteiger partial charge in [-0.15, -0.1) is 0 Å². The summed E-state index contributed by atoms with van der Waals surface area (Å²) >= 11 is 2.93. The predicted octanol–water partition coefficient (Wildman–Crippen LogP) is 7.60. The molecular formula is C47H54N3O10PS2. The summed E-state index contributed by atoms with van der Waals surface area (Å²) in [4.78, 5) is 42.3. The molecule has 2 fully saturated rings. The maximum Gasteiger partial charge on any atom is 0.330 e. The smallest absolute Gasteiger partial charge is 0.330 e. The van der Waals surface area contributed by atoms with Gasteiger partial charge in [0.2, 0.25) is 10.8 Å². The van der Waals surface area contributed by atoms with E-state index in [-0.39, 0.29) is 31.5 Å². The van der Waals surface area contributed by atoms with Gasteiger partial charge in [0.15, 0.2) is 7.50 Å². The molecule has 3 heterocycles. The van der Waals surface area contributed by atoms with Gasteiger partial charge in [0, 0.05) is 49.0 Å². The normalized spacial score (nSPS) is 19.6. The van der Waals surface area contributed by atoms with Crippen molar-refractivity contribution in [1.29, 1.82) is 0 Å². The van der Waals surface area contributed by atoms with Crippen molar-refractivity contribution in [2.75, 3.05) is 72.4 Å². The quantitative estimate of drug-likeness (QED) is 0.0440. The van der Waals surface area contributed by atoms with Gasteiger partial charge < -0.3 is 32.9 Å². The standard InChI is InChI=1S/C47H54N3O10PS2/c1-34-31-50(45(53)48-43(34)51)46(58-28-27-54-2)33-57-41(42(46)60-61(49-25-11-12-26-49)63-30-29-62-44(52)35-13-7-5-8-14-35)32-59-47(36-15-9-6-10-16-36,37-17-21-39(55-3)22-18-37)38-19-23-40(56-4)24-20-38/h5-10,13-24,31,41-42H,11-12,25-30,32-33H2,1-4H3,(H,48,51,53)/t41-,42?,46?,61?/m1/s1. The molecule has 4 aromatic carbocycles. The van der Waals surface area contributed by atoms with Crippen LogP contribution in [0.5, 0.6) is 11.5 Å². The molecule has 2 saturated heterocycles. The topological polar surface area (TPSA) is 140 Å². The monoisotopic (exact) mass is 915 g/mol. The van der Waals surface area contributed by atoms with E-state index in [1.807, 2.05) is 109 Å². The van der Waals surface area contributed by atoms with Gasteiger partial charge in [-0.2, -0.15) is 0 Å². The molecular weight excluding hydrogens is 862 g/mol. The van der Waals surface area contributed by atoms with Crippen LogP contribution in [0.3, 0.4) is 0 Å². The zero-order valence-corrected chi connectivity index (χ0v) is 38.5. The highest BCUT2D eigenvalue weighted by atomic mass is 32.7. The molecule has 3 unspecified atom stereocenters. The number of carbonyl (C=O) groups excluding carboxylic acids is 1. The number of benzene rings is 4. The van der Waals surface area contributed by atoms with Crippen LogP contribution in [0, 0.1) is 6.92 Å². The molecule has 5 aromatic rings. The minimum atomic E-state index is -1.55. The minimum absolute atomic E-state index is 0.0121. The summed E-state index contributed by atoms with van der Waals surface area (Å²) in [7, 11) is 3.44. The van der Waals surface area contributed by atoms with Gasteiger partial charge in [0.05, 0.1) is 40.6 Å². The number of H-pyrrole nitrogens is 1. The van der Waals surface area contributed by atoms with Crippen molar-refractivity contribution in [2.24, 2.45) is 0 Å². The second-order valence-electron chi connectivity index (χ2n) is 15.1. The Hall–Kier alpha value is -4.28. The summed E-state index contributed by atoms with van der Waals surface area (Å²) in [6, 6.07) is 34.8. The molecule has 16 heteroatoms. The van der Waals surface area contributed by atoms with E-state index in [4.69, 9.17) is 32.9 Å². The molecule has 0 spiro atoms. The van der Waals surface area contributed by atoms with Crippen molar-refractivity contribution >= 4 is 35.8 Å². The maximum absolute atomic E-state index is 14.0. The fraction of sp³-hybridized carbons (Fsp3) is 0.383. The second kappa shape index (κ2) is 22.1. The average Bonchev–Trinajstić information content (AvgIpc) is 3.99. The summed E-state index contributed by atoms with van der Waals surface area (Å²) < 4.78 is 48.6. The van der Waals surface area contributed by atoms with E-state index in [9.17, 15) is 14.4 Å². The lowest BCUT2D eigenvalue weighted by Crippen LogP contribution is -2.56. The number of hydrogen-bond acceptors (Lipinski definition) is 13. The number of rotatable bonds is 21. The van der Waals surface area contributed by atoms with Crippen molar-refractivity contribution in [3.8, 4) is 11.5 Å². The number of aryl methyl sites for hydroxylation is 1. The van der Waals surface area contributed by atoms with Crippen LogP contribution in [-0.2, 0) is 34.8 Å². The van der Waals surface area contributed by atoms with Crippen LogP contribution in [0.15, 0.2) is 125 Å². The Morgan fingerprint density at radius 3 is 2.03 bits per heavy atom. The van der Waals surface area contributed by atoms with Crippen molar-refractivity contribution in [1.82, 2.24) is 14.2 Å². The van der Waals surface area contributed by atoms with Crippen LogP contribution in [0.25, 0.3) is 0 Å². The van der Waals surface area contributed by atoms with Crippen LogP contribution in [0.1, 0.15) is 45.5 Å². The van der Waals surface area contributed by atoms with E-state index >= 15 is 0 Å². The van der Waals surface area contributed by atoms with Crippen LogP contribution >= 0.6 is 30.6 Å². The molecule has 1 aromatic heterocycles. The Morgan fingerprint density at radius 2 is 1.43 bits per heavy atom. The Labute approximate surface area is 377 Å². The van der Waals surface area contributed by atoms with Crippen molar-refractivity contribution in [2.45, 2.75) is 43.3 Å². The van der Waals surface area contributed by atoms with Crippen LogP contribution in [-0.4, -0.2) is 104 Å². The number of aromatic amines is 1. The molecule has 0 bridgehead atoms.